The van der Waals surface area contributed by atoms with Crippen molar-refractivity contribution in [2.24, 2.45) is 0 Å². The molecule has 5 nitrogen and oxygen atoms in total. The van der Waals surface area contributed by atoms with Gasteiger partial charge in [0.25, 0.3) is 0 Å². The Morgan fingerprint density at radius 1 is 1.22 bits per heavy atom. The molecular weight excluding hydrogens is 226 g/mol. The Bertz CT molecular complexity index is 500. The Morgan fingerprint density at radius 2 is 2.06 bits per heavy atom. The van der Waals surface area contributed by atoms with E-state index in [4.69, 9.17) is 0 Å². The molecule has 2 aromatic rings. The van der Waals surface area contributed by atoms with Crippen LogP contribution in [0.2, 0.25) is 0 Å². The first-order chi connectivity index (χ1) is 8.83. The van der Waals surface area contributed by atoms with Gasteiger partial charge in [-0.05, 0) is 31.9 Å². The zero-order chi connectivity index (χ0) is 12.4. The maximum absolute atomic E-state index is 4.24. The molecule has 0 amide bonds. The predicted octanol–water partition coefficient (Wildman–Crippen LogP) is 1.82. The third-order valence-electron chi connectivity index (χ3n) is 3.52. The van der Waals surface area contributed by atoms with E-state index >= 15 is 0 Å². The zero-order valence-corrected chi connectivity index (χ0v) is 10.5. The molecule has 0 aromatic carbocycles. The Morgan fingerprint density at radius 3 is 2.72 bits per heavy atom. The lowest BCUT2D eigenvalue weighted by Gasteiger charge is -2.33. The van der Waals surface area contributed by atoms with E-state index in [-0.39, 0.29) is 0 Å². The van der Waals surface area contributed by atoms with E-state index in [0.29, 0.717) is 6.04 Å². The number of hydrogen-bond acceptors (Lipinski definition) is 4. The van der Waals surface area contributed by atoms with Gasteiger partial charge in [0.2, 0.25) is 0 Å². The minimum absolute atomic E-state index is 0.492. The highest BCUT2D eigenvalue weighted by atomic mass is 15.4. The van der Waals surface area contributed by atoms with Crippen LogP contribution in [0.1, 0.15) is 24.6 Å². The second-order valence-electron chi connectivity index (χ2n) is 4.76. The van der Waals surface area contributed by atoms with Crippen molar-refractivity contribution in [1.82, 2.24) is 20.0 Å². The SMILES string of the molecule is Cc1cc(N2CCC(n3ccnn3)CC2)ccn1. The summed E-state index contributed by atoms with van der Waals surface area (Å²) in [6.45, 7) is 4.16. The van der Waals surface area contributed by atoms with Gasteiger partial charge >= 0.3 is 0 Å². The monoisotopic (exact) mass is 243 g/mol. The molecule has 0 spiro atoms. The molecule has 94 valence electrons. The third kappa shape index (κ3) is 2.20. The first-order valence-corrected chi connectivity index (χ1v) is 6.36. The minimum atomic E-state index is 0.492. The van der Waals surface area contributed by atoms with Crippen LogP contribution in [0.15, 0.2) is 30.7 Å². The van der Waals surface area contributed by atoms with Crippen molar-refractivity contribution in [2.45, 2.75) is 25.8 Å². The highest BCUT2D eigenvalue weighted by molar-refractivity contribution is 5.46. The smallest absolute Gasteiger partial charge is 0.0693 e. The van der Waals surface area contributed by atoms with Crippen molar-refractivity contribution < 1.29 is 0 Å². The number of aryl methyl sites for hydroxylation is 1. The van der Waals surface area contributed by atoms with Crippen molar-refractivity contribution in [2.75, 3.05) is 18.0 Å². The van der Waals surface area contributed by atoms with Crippen LogP contribution in [-0.4, -0.2) is 33.1 Å². The van der Waals surface area contributed by atoms with E-state index in [9.17, 15) is 0 Å². The van der Waals surface area contributed by atoms with Crippen LogP contribution >= 0.6 is 0 Å². The molecule has 3 heterocycles. The van der Waals surface area contributed by atoms with Crippen LogP contribution in [0.4, 0.5) is 5.69 Å². The van der Waals surface area contributed by atoms with Crippen molar-refractivity contribution >= 4 is 5.69 Å². The minimum Gasteiger partial charge on any atom is -0.371 e. The second kappa shape index (κ2) is 4.76. The lowest BCUT2D eigenvalue weighted by Crippen LogP contribution is -2.34. The van der Waals surface area contributed by atoms with Gasteiger partial charge in [0.05, 0.1) is 12.2 Å². The van der Waals surface area contributed by atoms with E-state index in [1.165, 1.54) is 5.69 Å². The Labute approximate surface area is 106 Å². The molecule has 1 aliphatic rings. The van der Waals surface area contributed by atoms with E-state index in [2.05, 4.69) is 32.3 Å². The normalized spacial score (nSPS) is 17.1. The van der Waals surface area contributed by atoms with Gasteiger partial charge in [0, 0.05) is 36.9 Å². The molecule has 1 fully saturated rings. The molecule has 0 radical (unpaired) electrons. The number of aromatic nitrogens is 4. The first-order valence-electron chi connectivity index (χ1n) is 6.36. The number of hydrogen-bond donors (Lipinski definition) is 0. The Kier molecular flexibility index (Phi) is 2.96. The fourth-order valence-electron chi connectivity index (χ4n) is 2.53. The van der Waals surface area contributed by atoms with E-state index in [0.717, 1.165) is 31.6 Å². The van der Waals surface area contributed by atoms with Gasteiger partial charge < -0.3 is 4.90 Å². The van der Waals surface area contributed by atoms with Crippen LogP contribution in [0, 0.1) is 6.92 Å². The van der Waals surface area contributed by atoms with Crippen molar-refractivity contribution in [3.05, 3.63) is 36.4 Å². The average Bonchev–Trinajstić information content (AvgIpc) is 2.93. The number of anilines is 1. The van der Waals surface area contributed by atoms with E-state index < -0.39 is 0 Å². The number of pyridine rings is 1. The van der Waals surface area contributed by atoms with Crippen LogP contribution in [-0.2, 0) is 0 Å². The lowest BCUT2D eigenvalue weighted by molar-refractivity contribution is 0.360. The molecule has 18 heavy (non-hydrogen) atoms. The summed E-state index contributed by atoms with van der Waals surface area (Å²) in [5.74, 6) is 0. The highest BCUT2D eigenvalue weighted by Gasteiger charge is 2.21. The van der Waals surface area contributed by atoms with E-state index in [1.807, 2.05) is 24.0 Å². The van der Waals surface area contributed by atoms with Crippen LogP contribution in [0.5, 0.6) is 0 Å². The highest BCUT2D eigenvalue weighted by Crippen LogP contribution is 2.25. The summed E-state index contributed by atoms with van der Waals surface area (Å²) in [7, 11) is 0. The Balaban J connectivity index is 1.67. The summed E-state index contributed by atoms with van der Waals surface area (Å²) in [4.78, 5) is 6.66. The first kappa shape index (κ1) is 11.2. The molecule has 0 atom stereocenters. The second-order valence-corrected chi connectivity index (χ2v) is 4.76. The molecular formula is C13H17N5. The van der Waals surface area contributed by atoms with Gasteiger partial charge in [0.15, 0.2) is 0 Å². The molecule has 0 unspecified atom stereocenters. The average molecular weight is 243 g/mol. The molecule has 0 saturated carbocycles. The molecule has 3 rings (SSSR count). The molecule has 0 aliphatic carbocycles. The largest absolute Gasteiger partial charge is 0.371 e. The maximum Gasteiger partial charge on any atom is 0.0693 e. The summed E-state index contributed by atoms with van der Waals surface area (Å²) in [5, 5.41) is 7.97. The molecule has 2 aromatic heterocycles. The molecule has 0 bridgehead atoms. The topological polar surface area (TPSA) is 46.8 Å². The third-order valence-corrected chi connectivity index (χ3v) is 3.52. The number of piperidine rings is 1. The fourth-order valence-corrected chi connectivity index (χ4v) is 2.53. The van der Waals surface area contributed by atoms with Gasteiger partial charge in [-0.2, -0.15) is 0 Å². The van der Waals surface area contributed by atoms with Gasteiger partial charge in [-0.25, -0.2) is 4.68 Å². The summed E-state index contributed by atoms with van der Waals surface area (Å²) in [6.07, 6.45) is 7.82. The zero-order valence-electron chi connectivity index (χ0n) is 10.5. The summed E-state index contributed by atoms with van der Waals surface area (Å²) in [5.41, 5.74) is 2.35. The summed E-state index contributed by atoms with van der Waals surface area (Å²) < 4.78 is 1.98. The molecule has 5 heteroatoms. The Hall–Kier alpha value is -1.91. The van der Waals surface area contributed by atoms with Crippen molar-refractivity contribution in [3.63, 3.8) is 0 Å². The fraction of sp³-hybridized carbons (Fsp3) is 0.462. The summed E-state index contributed by atoms with van der Waals surface area (Å²) >= 11 is 0. The van der Waals surface area contributed by atoms with Gasteiger partial charge in [-0.3, -0.25) is 4.98 Å². The molecule has 1 saturated heterocycles. The maximum atomic E-state index is 4.24. The van der Waals surface area contributed by atoms with Gasteiger partial charge in [-0.15, -0.1) is 5.10 Å². The van der Waals surface area contributed by atoms with Gasteiger partial charge in [-0.1, -0.05) is 5.21 Å². The van der Waals surface area contributed by atoms with E-state index in [1.54, 1.807) is 6.20 Å². The molecule has 0 N–H and O–H groups in total. The summed E-state index contributed by atoms with van der Waals surface area (Å²) in [6, 6.07) is 4.73. The molecule has 1 aliphatic heterocycles. The van der Waals surface area contributed by atoms with Crippen LogP contribution < -0.4 is 4.90 Å². The standard InChI is InChI=1S/C13H17N5/c1-11-10-13(2-5-14-11)17-7-3-12(4-8-17)18-9-6-15-16-18/h2,5-6,9-10,12H,3-4,7-8H2,1H3. The quantitative estimate of drug-likeness (QED) is 0.807. The number of nitrogens with zero attached hydrogens (tertiary/aromatic N) is 5. The van der Waals surface area contributed by atoms with Crippen LogP contribution in [0.25, 0.3) is 0 Å². The number of rotatable bonds is 2. The van der Waals surface area contributed by atoms with Crippen molar-refractivity contribution in [3.8, 4) is 0 Å². The lowest BCUT2D eigenvalue weighted by atomic mass is 10.0. The van der Waals surface area contributed by atoms with Crippen LogP contribution in [0.3, 0.4) is 0 Å². The predicted molar refractivity (Wildman–Crippen MR) is 69.5 cm³/mol. The van der Waals surface area contributed by atoms with Crippen molar-refractivity contribution in [1.29, 1.82) is 0 Å². The van der Waals surface area contributed by atoms with Gasteiger partial charge in [0.1, 0.15) is 0 Å².